The fourth-order valence-corrected chi connectivity index (χ4v) is 5.87. The molecule has 0 unspecified atom stereocenters. The molecule has 250 valence electrons. The number of nitrogens with zero attached hydrogens (tertiary/aromatic N) is 6. The van der Waals surface area contributed by atoms with Crippen LogP contribution in [0.3, 0.4) is 0 Å². The normalized spacial score (nSPS) is 10.6. The molecular weight excluding hydrogens is 667 g/mol. The van der Waals surface area contributed by atoms with Crippen LogP contribution in [0.15, 0.2) is 140 Å². The number of carboxylic acid groups (broad SMARTS) is 1. The van der Waals surface area contributed by atoms with Crippen molar-refractivity contribution in [1.29, 1.82) is 0 Å². The Kier molecular flexibility index (Phi) is 11.4. The van der Waals surface area contributed by atoms with E-state index in [1.807, 2.05) is 54.6 Å². The Bertz CT molecular complexity index is 1980. The van der Waals surface area contributed by atoms with Gasteiger partial charge in [0, 0.05) is 23.1 Å². The number of aryl methyl sites for hydroxylation is 3. The second-order valence-electron chi connectivity index (χ2n) is 11.9. The summed E-state index contributed by atoms with van der Waals surface area (Å²) in [5.41, 5.74) is 9.96. The monoisotopic (exact) mass is 702 g/mol. The van der Waals surface area contributed by atoms with Crippen LogP contribution < -0.4 is 5.11 Å². The van der Waals surface area contributed by atoms with Crippen molar-refractivity contribution in [3.63, 3.8) is 0 Å². The summed E-state index contributed by atoms with van der Waals surface area (Å²) in [6.07, 6.45) is -0.0941. The van der Waals surface area contributed by atoms with Gasteiger partial charge in [-0.25, -0.2) is 15.3 Å². The fourth-order valence-electron chi connectivity index (χ4n) is 5.87. The number of hydrogen-bond acceptors (Lipinski definition) is 6. The van der Waals surface area contributed by atoms with Gasteiger partial charge in [-0.2, -0.15) is 0 Å². The molecule has 4 aromatic carbocycles. The predicted molar refractivity (Wildman–Crippen MR) is 191 cm³/mol. The molecule has 3 aromatic heterocycles. The van der Waals surface area contributed by atoms with E-state index in [2.05, 4.69) is 89.1 Å². The van der Waals surface area contributed by atoms with Crippen LogP contribution in [-0.4, -0.2) is 47.9 Å². The largest absolute Gasteiger partial charge is 2.00 e. The molecule has 11 heteroatoms. The third kappa shape index (κ3) is 8.09. The zero-order chi connectivity index (χ0) is 34.3. The van der Waals surface area contributed by atoms with Gasteiger partial charge in [0.2, 0.25) is 0 Å². The maximum atomic E-state index is 10.7. The van der Waals surface area contributed by atoms with E-state index in [1.54, 1.807) is 30.3 Å². The van der Waals surface area contributed by atoms with Gasteiger partial charge in [0.25, 0.3) is 0 Å². The maximum absolute atomic E-state index is 10.7. The van der Waals surface area contributed by atoms with Gasteiger partial charge in [0.05, 0.1) is 17.1 Å². The summed E-state index contributed by atoms with van der Waals surface area (Å²) in [6.45, 7) is 6.31. The molecule has 0 saturated heterocycles. The number of aromatic nitrogens is 6. The Morgan fingerprint density at radius 3 is 1.14 bits per heavy atom. The van der Waals surface area contributed by atoms with E-state index in [0.717, 1.165) is 50.9 Å². The minimum Gasteiger partial charge on any atom is -0.542 e. The van der Waals surface area contributed by atoms with Crippen LogP contribution in [0.2, 0.25) is 0 Å². The Balaban J connectivity index is 0.000000319. The minimum absolute atomic E-state index is 0. The zero-order valence-corrected chi connectivity index (χ0v) is 29.1. The third-order valence-corrected chi connectivity index (χ3v) is 8.39. The zero-order valence-electron chi connectivity index (χ0n) is 28.0. The number of hydrogen-bond donors (Lipinski definition) is 0. The smallest absolute Gasteiger partial charge is 0.542 e. The average molecular weight is 702 g/mol. The van der Waals surface area contributed by atoms with Crippen LogP contribution in [0.4, 0.5) is 0 Å². The van der Waals surface area contributed by atoms with Crippen LogP contribution in [0.25, 0.3) is 33.8 Å². The maximum Gasteiger partial charge on any atom is 2.00 e. The summed E-state index contributed by atoms with van der Waals surface area (Å²) in [5.74, 6) is -2.51. The molecule has 0 saturated carbocycles. The number of carbonyl (C=O) groups excluding carboxylic acids is 2. The molecule has 0 fully saturated rings. The number of benzene rings is 4. The van der Waals surface area contributed by atoms with Gasteiger partial charge in [-0.15, -0.1) is 0 Å². The Hall–Kier alpha value is -5.77. The van der Waals surface area contributed by atoms with Gasteiger partial charge in [0.1, 0.15) is 5.97 Å². The van der Waals surface area contributed by atoms with Crippen molar-refractivity contribution in [2.45, 2.75) is 27.2 Å². The predicted octanol–water partition coefficient (Wildman–Crippen LogP) is 5.41. The molecule has 7 rings (SSSR count). The average Bonchev–Trinajstić information content (AvgIpc) is 3.83. The van der Waals surface area contributed by atoms with Gasteiger partial charge in [-0.1, -0.05) is 121 Å². The van der Waals surface area contributed by atoms with E-state index in [4.69, 9.17) is 15.3 Å². The minimum atomic E-state index is -1.63. The summed E-state index contributed by atoms with van der Waals surface area (Å²) in [6, 6.07) is 46.0. The molecule has 0 amide bonds. The molecule has 0 radical (unpaired) electrons. The molecule has 3 heterocycles. The van der Waals surface area contributed by atoms with Crippen molar-refractivity contribution >= 4 is 18.9 Å². The van der Waals surface area contributed by atoms with E-state index >= 15 is 0 Å². The van der Waals surface area contributed by atoms with E-state index in [-0.39, 0.29) is 23.5 Å². The van der Waals surface area contributed by atoms with Crippen molar-refractivity contribution in [3.8, 4) is 33.8 Å². The van der Waals surface area contributed by atoms with Crippen LogP contribution in [0, 0.1) is 20.8 Å². The quantitative estimate of drug-likeness (QED) is 0.147. The second-order valence-corrected chi connectivity index (χ2v) is 11.9. The number of carbonyl (C=O) groups is 2. The molecule has 0 aliphatic rings. The van der Waals surface area contributed by atoms with Gasteiger partial charge >= 0.3 is 24.2 Å². The van der Waals surface area contributed by atoms with Gasteiger partial charge < -0.3 is 23.7 Å². The molecule has 0 aliphatic heterocycles. The van der Waals surface area contributed by atoms with Crippen molar-refractivity contribution in [1.82, 2.24) is 29.1 Å². The van der Waals surface area contributed by atoms with E-state index in [9.17, 15) is 14.7 Å². The number of Topliss-reactive ketones (excluding diaryl/α,β-unsaturated/α-hetero) is 1. The molecule has 0 spiro atoms. The molecule has 7 aromatic rings. The van der Waals surface area contributed by atoms with Crippen LogP contribution in [0.1, 0.15) is 22.6 Å². The first kappa shape index (κ1) is 35.5. The van der Waals surface area contributed by atoms with Crippen molar-refractivity contribution in [2.75, 3.05) is 0 Å². The SMILES string of the molecule is Cc1cc(-c2ccccc2)nn1[BH-](n1nc(-c2ccccc2)cc1C)n1nc(-c2ccccc2)cc1C.O=C([O-])C(=O)Cc1ccccc1.[Fe+2]. The van der Waals surface area contributed by atoms with Crippen molar-refractivity contribution in [3.05, 3.63) is 162 Å². The van der Waals surface area contributed by atoms with Crippen LogP contribution in [-0.2, 0) is 33.1 Å². The van der Waals surface area contributed by atoms with Crippen LogP contribution in [0.5, 0.6) is 0 Å². The van der Waals surface area contributed by atoms with Crippen LogP contribution >= 0.6 is 0 Å². The van der Waals surface area contributed by atoms with Crippen molar-refractivity contribution in [2.24, 2.45) is 0 Å². The first-order chi connectivity index (χ1) is 23.8. The number of rotatable bonds is 9. The fraction of sp³-hybridized carbons (Fsp3) is 0.103. The van der Waals surface area contributed by atoms with Crippen molar-refractivity contribution < 1.29 is 31.8 Å². The molecule has 9 nitrogen and oxygen atoms in total. The summed E-state index contributed by atoms with van der Waals surface area (Å²) >= 11 is 0. The summed E-state index contributed by atoms with van der Waals surface area (Å²) in [5, 5.41) is 25.4. The van der Waals surface area contributed by atoms with E-state index in [1.165, 1.54) is 0 Å². The standard InChI is InChI=1S/C30H28BN6.C9H8O3.Fe/c1-22-19-28(25-13-7-4-8-14-25)32-35(22)31(36-23(2)20-29(33-36)26-15-9-5-10-16-26)37-24(3)21-30(34-37)27-17-11-6-12-18-27;10-8(9(11)12)6-7-4-2-1-3-5-7;/h4-21,31H,1-3H3;1-5H,6H2,(H,11,12);/q-1;;+2/p-1. The first-order valence-corrected chi connectivity index (χ1v) is 16.1. The molecule has 0 atom stereocenters. The molecular formula is C39H35BFeN6O3. The Morgan fingerprint density at radius 2 is 0.840 bits per heavy atom. The Morgan fingerprint density at radius 1 is 0.540 bits per heavy atom. The summed E-state index contributed by atoms with van der Waals surface area (Å²) < 4.78 is 6.31. The Labute approximate surface area is 301 Å². The van der Waals surface area contributed by atoms with Gasteiger partial charge in [0.15, 0.2) is 5.78 Å². The molecule has 0 aliphatic carbocycles. The summed E-state index contributed by atoms with van der Waals surface area (Å²) in [4.78, 5) is 20.7. The number of carboxylic acids is 1. The van der Waals surface area contributed by atoms with E-state index in [0.29, 0.717) is 5.56 Å². The molecule has 0 bridgehead atoms. The number of aliphatic carboxylic acids is 1. The molecule has 0 N–H and O–H groups in total. The second kappa shape index (κ2) is 16.1. The van der Waals surface area contributed by atoms with E-state index < -0.39 is 18.9 Å². The first-order valence-electron chi connectivity index (χ1n) is 16.1. The topological polar surface area (TPSA) is 111 Å². The summed E-state index contributed by atoms with van der Waals surface area (Å²) in [7, 11) is -1.55. The molecule has 50 heavy (non-hydrogen) atoms. The third-order valence-electron chi connectivity index (χ3n) is 8.39. The van der Waals surface area contributed by atoms with Gasteiger partial charge in [-0.05, 0) is 61.6 Å². The van der Waals surface area contributed by atoms with Gasteiger partial charge in [-0.3, -0.25) is 4.79 Å². The number of ketones is 1.